The minimum absolute atomic E-state index is 0.662. The van der Waals surface area contributed by atoms with E-state index in [2.05, 4.69) is 36.0 Å². The summed E-state index contributed by atoms with van der Waals surface area (Å²) in [6.45, 7) is 5.32. The predicted octanol–water partition coefficient (Wildman–Crippen LogP) is 2.59. The third-order valence-electron chi connectivity index (χ3n) is 3.42. The van der Waals surface area contributed by atoms with Gasteiger partial charge in [-0.2, -0.15) is 0 Å². The molecule has 0 bridgehead atoms. The van der Waals surface area contributed by atoms with Gasteiger partial charge in [-0.1, -0.05) is 19.1 Å². The van der Waals surface area contributed by atoms with Crippen LogP contribution >= 0.6 is 0 Å². The van der Waals surface area contributed by atoms with Crippen LogP contribution in [-0.2, 0) is 12.8 Å². The zero-order valence-corrected chi connectivity index (χ0v) is 9.30. The summed E-state index contributed by atoms with van der Waals surface area (Å²) in [7, 11) is 0. The second kappa shape index (κ2) is 3.09. The third kappa shape index (κ3) is 1.28. The molecule has 0 aromatic carbocycles. The average Bonchev–Trinajstić information content (AvgIpc) is 2.57. The van der Waals surface area contributed by atoms with Crippen molar-refractivity contribution in [3.8, 4) is 0 Å². The van der Waals surface area contributed by atoms with E-state index in [1.807, 2.05) is 0 Å². The van der Waals surface area contributed by atoms with Crippen LogP contribution in [0.15, 0.2) is 11.1 Å². The van der Waals surface area contributed by atoms with Gasteiger partial charge in [-0.3, -0.25) is 4.99 Å². The molecule has 2 aliphatic rings. The number of fused-ring (bicyclic) bond motifs is 3. The lowest BCUT2D eigenvalue weighted by Crippen LogP contribution is -2.09. The molecule has 1 N–H and O–H groups in total. The first-order chi connectivity index (χ1) is 7.25. The summed E-state index contributed by atoms with van der Waals surface area (Å²) in [5.41, 5.74) is 6.79. The number of nitrogens with one attached hydrogen (secondary N) is 1. The number of allylic oxidation sites excluding steroid dienone is 1. The van der Waals surface area contributed by atoms with E-state index in [1.165, 1.54) is 28.2 Å². The summed E-state index contributed by atoms with van der Waals surface area (Å²) in [6.07, 6.45) is 6.85. The first kappa shape index (κ1) is 8.96. The lowest BCUT2D eigenvalue weighted by Gasteiger charge is -2.13. The second-order valence-corrected chi connectivity index (χ2v) is 4.63. The number of hydrogen-bond donors (Lipinski definition) is 1. The van der Waals surface area contributed by atoms with Gasteiger partial charge < -0.3 is 4.98 Å². The molecular formula is C13H16N2. The Morgan fingerprint density at radius 2 is 2.33 bits per heavy atom. The van der Waals surface area contributed by atoms with Crippen molar-refractivity contribution in [3.05, 3.63) is 28.6 Å². The zero-order valence-electron chi connectivity index (χ0n) is 9.30. The standard InChI is InChI=1S/C13H16N2/c1-8-3-4-10-11-5-6-14-9(2)13(11)15-12(10)7-8/h3-4,8,15H,5-7H2,1-2H3. The van der Waals surface area contributed by atoms with Crippen LogP contribution in [0, 0.1) is 5.92 Å². The summed E-state index contributed by atoms with van der Waals surface area (Å²) >= 11 is 0. The van der Waals surface area contributed by atoms with Gasteiger partial charge in [0, 0.05) is 12.2 Å². The van der Waals surface area contributed by atoms with Crippen molar-refractivity contribution >= 4 is 11.8 Å². The van der Waals surface area contributed by atoms with Crippen molar-refractivity contribution in [1.29, 1.82) is 0 Å². The lowest BCUT2D eigenvalue weighted by atomic mass is 9.92. The normalized spacial score (nSPS) is 23.3. The highest BCUT2D eigenvalue weighted by atomic mass is 14.8. The van der Waals surface area contributed by atoms with Gasteiger partial charge in [0.2, 0.25) is 0 Å². The highest BCUT2D eigenvalue weighted by Crippen LogP contribution is 2.30. The monoisotopic (exact) mass is 200 g/mol. The Kier molecular flexibility index (Phi) is 1.84. The van der Waals surface area contributed by atoms with E-state index in [9.17, 15) is 0 Å². The predicted molar refractivity (Wildman–Crippen MR) is 63.5 cm³/mol. The first-order valence-corrected chi connectivity index (χ1v) is 5.69. The van der Waals surface area contributed by atoms with Crippen LogP contribution in [0.1, 0.15) is 36.4 Å². The van der Waals surface area contributed by atoms with E-state index >= 15 is 0 Å². The minimum Gasteiger partial charge on any atom is -0.357 e. The van der Waals surface area contributed by atoms with Gasteiger partial charge >= 0.3 is 0 Å². The highest BCUT2D eigenvalue weighted by Gasteiger charge is 2.22. The van der Waals surface area contributed by atoms with Crippen molar-refractivity contribution in [1.82, 2.24) is 4.98 Å². The van der Waals surface area contributed by atoms with E-state index in [-0.39, 0.29) is 0 Å². The summed E-state index contributed by atoms with van der Waals surface area (Å²) in [6, 6.07) is 0. The van der Waals surface area contributed by atoms with Crippen molar-refractivity contribution < 1.29 is 0 Å². The molecule has 0 saturated carbocycles. The molecule has 15 heavy (non-hydrogen) atoms. The Labute approximate surface area is 90.1 Å². The van der Waals surface area contributed by atoms with Crippen molar-refractivity contribution in [3.63, 3.8) is 0 Å². The smallest absolute Gasteiger partial charge is 0.0633 e. The van der Waals surface area contributed by atoms with E-state index in [1.54, 1.807) is 0 Å². The molecule has 78 valence electrons. The van der Waals surface area contributed by atoms with E-state index < -0.39 is 0 Å². The summed E-state index contributed by atoms with van der Waals surface area (Å²) < 4.78 is 0. The summed E-state index contributed by atoms with van der Waals surface area (Å²) in [4.78, 5) is 8.05. The van der Waals surface area contributed by atoms with Crippen LogP contribution < -0.4 is 0 Å². The van der Waals surface area contributed by atoms with Crippen LogP contribution in [0.4, 0.5) is 0 Å². The maximum absolute atomic E-state index is 4.50. The first-order valence-electron chi connectivity index (χ1n) is 5.69. The number of rotatable bonds is 0. The lowest BCUT2D eigenvalue weighted by molar-refractivity contribution is 0.703. The maximum Gasteiger partial charge on any atom is 0.0633 e. The van der Waals surface area contributed by atoms with Crippen LogP contribution in [-0.4, -0.2) is 17.2 Å². The van der Waals surface area contributed by atoms with Crippen molar-refractivity contribution in [2.75, 3.05) is 6.54 Å². The number of aromatic nitrogens is 1. The number of hydrogen-bond acceptors (Lipinski definition) is 1. The van der Waals surface area contributed by atoms with Crippen LogP contribution in [0.5, 0.6) is 0 Å². The van der Waals surface area contributed by atoms with Crippen LogP contribution in [0.2, 0.25) is 0 Å². The SMILES string of the molecule is CC1=NCCc2c1[nH]c1c2C=CC(C)C1. The quantitative estimate of drug-likeness (QED) is 0.667. The van der Waals surface area contributed by atoms with Crippen LogP contribution in [0.25, 0.3) is 6.08 Å². The molecule has 3 rings (SSSR count). The molecule has 0 fully saturated rings. The number of aromatic amines is 1. The Bertz CT molecular complexity index is 463. The molecule has 0 amide bonds. The molecule has 2 nitrogen and oxygen atoms in total. The molecule has 1 atom stereocenters. The highest BCUT2D eigenvalue weighted by molar-refractivity contribution is 6.00. The molecular weight excluding hydrogens is 184 g/mol. The van der Waals surface area contributed by atoms with Crippen molar-refractivity contribution in [2.45, 2.75) is 26.7 Å². The van der Waals surface area contributed by atoms with E-state index in [0.717, 1.165) is 19.4 Å². The van der Waals surface area contributed by atoms with Gasteiger partial charge in [-0.05, 0) is 36.8 Å². The second-order valence-electron chi connectivity index (χ2n) is 4.63. The number of H-pyrrole nitrogens is 1. The molecule has 1 unspecified atom stereocenters. The molecule has 0 saturated heterocycles. The Morgan fingerprint density at radius 3 is 3.20 bits per heavy atom. The van der Waals surface area contributed by atoms with E-state index in [0.29, 0.717) is 5.92 Å². The molecule has 2 heterocycles. The fourth-order valence-corrected chi connectivity index (χ4v) is 2.61. The molecule has 1 aromatic rings. The average molecular weight is 200 g/mol. The molecule has 0 radical (unpaired) electrons. The maximum atomic E-state index is 4.50. The Hall–Kier alpha value is -1.31. The Morgan fingerprint density at radius 1 is 1.47 bits per heavy atom. The Balaban J connectivity index is 2.17. The molecule has 1 aliphatic heterocycles. The van der Waals surface area contributed by atoms with Crippen molar-refractivity contribution in [2.24, 2.45) is 10.9 Å². The fourth-order valence-electron chi connectivity index (χ4n) is 2.61. The zero-order chi connectivity index (χ0) is 10.4. The largest absolute Gasteiger partial charge is 0.357 e. The number of aliphatic imine (C=N–C) groups is 1. The minimum atomic E-state index is 0.662. The number of nitrogens with zero attached hydrogens (tertiary/aromatic N) is 1. The van der Waals surface area contributed by atoms with Gasteiger partial charge in [0.15, 0.2) is 0 Å². The molecule has 1 aliphatic carbocycles. The summed E-state index contributed by atoms with van der Waals surface area (Å²) in [5, 5.41) is 0. The van der Waals surface area contributed by atoms with Gasteiger partial charge in [-0.25, -0.2) is 0 Å². The van der Waals surface area contributed by atoms with Gasteiger partial charge in [-0.15, -0.1) is 0 Å². The van der Waals surface area contributed by atoms with Gasteiger partial charge in [0.25, 0.3) is 0 Å². The summed E-state index contributed by atoms with van der Waals surface area (Å²) in [5.74, 6) is 0.662. The molecule has 1 aromatic heterocycles. The fraction of sp³-hybridized carbons (Fsp3) is 0.462. The molecule has 2 heteroatoms. The van der Waals surface area contributed by atoms with Gasteiger partial charge in [0.05, 0.1) is 11.4 Å². The van der Waals surface area contributed by atoms with Gasteiger partial charge in [0.1, 0.15) is 0 Å². The van der Waals surface area contributed by atoms with E-state index in [4.69, 9.17) is 0 Å². The third-order valence-corrected chi connectivity index (χ3v) is 3.42. The van der Waals surface area contributed by atoms with Crippen LogP contribution in [0.3, 0.4) is 0 Å². The molecule has 0 spiro atoms. The topological polar surface area (TPSA) is 28.1 Å².